The highest BCUT2D eigenvalue weighted by molar-refractivity contribution is 5.86. The molecule has 0 spiro atoms. The van der Waals surface area contributed by atoms with E-state index in [1.165, 1.54) is 18.4 Å². The molecule has 2 aromatic rings. The van der Waals surface area contributed by atoms with Gasteiger partial charge in [-0.3, -0.25) is 0 Å². The number of furan rings is 1. The fourth-order valence-electron chi connectivity index (χ4n) is 1.46. The van der Waals surface area contributed by atoms with E-state index < -0.39 is 5.97 Å². The van der Waals surface area contributed by atoms with Crippen LogP contribution in [0.2, 0.25) is 0 Å². The summed E-state index contributed by atoms with van der Waals surface area (Å²) in [6.07, 6.45) is 1.29. The van der Waals surface area contributed by atoms with Gasteiger partial charge in [-0.15, -0.1) is 0 Å². The molecule has 88 valence electrons. The Labute approximate surface area is 96.7 Å². The highest BCUT2D eigenvalue weighted by atomic mass is 19.1. The molecule has 0 saturated heterocycles. The van der Waals surface area contributed by atoms with Gasteiger partial charge in [0.1, 0.15) is 5.82 Å². The molecule has 1 aromatic heterocycles. The largest absolute Gasteiger partial charge is 0.475 e. The Bertz CT molecular complexity index is 536. The molecule has 0 radical (unpaired) electrons. The number of hydrogen-bond donors (Lipinski definition) is 2. The quantitative estimate of drug-likeness (QED) is 0.855. The molecule has 2 rings (SSSR count). The topological polar surface area (TPSA) is 62.5 Å². The van der Waals surface area contributed by atoms with Gasteiger partial charge < -0.3 is 14.8 Å². The minimum absolute atomic E-state index is 0.131. The Morgan fingerprint density at radius 3 is 2.82 bits per heavy atom. The molecule has 0 aliphatic rings. The number of carbonyl (C=O) groups is 1. The second-order valence-electron chi connectivity index (χ2n) is 3.41. The van der Waals surface area contributed by atoms with E-state index in [1.54, 1.807) is 18.2 Å². The van der Waals surface area contributed by atoms with Gasteiger partial charge >= 0.3 is 5.97 Å². The van der Waals surface area contributed by atoms with Gasteiger partial charge in [-0.25, -0.2) is 9.18 Å². The van der Waals surface area contributed by atoms with Crippen LogP contribution in [0.3, 0.4) is 0 Å². The number of benzene rings is 1. The molecular weight excluding hydrogens is 225 g/mol. The van der Waals surface area contributed by atoms with Gasteiger partial charge in [0.2, 0.25) is 5.76 Å². The van der Waals surface area contributed by atoms with E-state index in [-0.39, 0.29) is 18.1 Å². The maximum atomic E-state index is 13.3. The van der Waals surface area contributed by atoms with Crippen molar-refractivity contribution < 1.29 is 18.7 Å². The zero-order chi connectivity index (χ0) is 12.3. The number of carboxylic acid groups (broad SMARTS) is 1. The van der Waals surface area contributed by atoms with Crippen LogP contribution in [-0.4, -0.2) is 11.1 Å². The second kappa shape index (κ2) is 4.69. The van der Waals surface area contributed by atoms with Crippen molar-refractivity contribution in [3.63, 3.8) is 0 Å². The van der Waals surface area contributed by atoms with Gasteiger partial charge in [0.15, 0.2) is 0 Å². The molecule has 0 aliphatic carbocycles. The van der Waals surface area contributed by atoms with Gasteiger partial charge in [0.05, 0.1) is 12.0 Å². The highest BCUT2D eigenvalue weighted by Gasteiger charge is 2.13. The third-order valence-electron chi connectivity index (χ3n) is 2.28. The first-order chi connectivity index (χ1) is 8.18. The number of anilines is 1. The zero-order valence-electron chi connectivity index (χ0n) is 8.81. The van der Waals surface area contributed by atoms with Gasteiger partial charge in [0, 0.05) is 12.1 Å². The van der Waals surface area contributed by atoms with Crippen molar-refractivity contribution in [1.29, 1.82) is 0 Å². The lowest BCUT2D eigenvalue weighted by Crippen LogP contribution is -2.05. The lowest BCUT2D eigenvalue weighted by Gasteiger charge is -2.06. The van der Waals surface area contributed by atoms with Crippen LogP contribution >= 0.6 is 0 Å². The maximum absolute atomic E-state index is 13.3. The first kappa shape index (κ1) is 11.2. The van der Waals surface area contributed by atoms with Gasteiger partial charge in [0.25, 0.3) is 0 Å². The van der Waals surface area contributed by atoms with E-state index in [4.69, 9.17) is 9.52 Å². The van der Waals surface area contributed by atoms with Crippen molar-refractivity contribution in [3.8, 4) is 0 Å². The average molecular weight is 235 g/mol. The predicted octanol–water partition coefficient (Wildman–Crippen LogP) is 2.73. The van der Waals surface area contributed by atoms with Crippen LogP contribution in [-0.2, 0) is 6.54 Å². The Morgan fingerprint density at radius 1 is 1.35 bits per heavy atom. The van der Waals surface area contributed by atoms with E-state index >= 15 is 0 Å². The van der Waals surface area contributed by atoms with Crippen molar-refractivity contribution in [2.45, 2.75) is 6.54 Å². The molecular formula is C12H10FNO3. The van der Waals surface area contributed by atoms with E-state index in [0.29, 0.717) is 11.3 Å². The molecule has 0 atom stereocenters. The molecule has 1 heterocycles. The van der Waals surface area contributed by atoms with Crippen LogP contribution in [0.25, 0.3) is 0 Å². The fraction of sp³-hybridized carbons (Fsp3) is 0.0833. The van der Waals surface area contributed by atoms with Crippen LogP contribution < -0.4 is 5.32 Å². The molecule has 0 bridgehead atoms. The number of carboxylic acids is 1. The molecule has 0 aliphatic heterocycles. The normalized spacial score (nSPS) is 10.2. The molecule has 2 N–H and O–H groups in total. The first-order valence-electron chi connectivity index (χ1n) is 4.96. The summed E-state index contributed by atoms with van der Waals surface area (Å²) in [5.74, 6) is -1.65. The summed E-state index contributed by atoms with van der Waals surface area (Å²) < 4.78 is 18.1. The first-order valence-corrected chi connectivity index (χ1v) is 4.96. The second-order valence-corrected chi connectivity index (χ2v) is 3.41. The van der Waals surface area contributed by atoms with Crippen molar-refractivity contribution in [3.05, 3.63) is 53.7 Å². The standard InChI is InChI=1S/C12H10FNO3/c13-9-3-1-2-4-10(9)14-7-8-5-6-17-11(8)12(15)16/h1-6,14H,7H2,(H,15,16). The number of halogens is 1. The highest BCUT2D eigenvalue weighted by Crippen LogP contribution is 2.16. The molecule has 4 nitrogen and oxygen atoms in total. The smallest absolute Gasteiger partial charge is 0.372 e. The maximum Gasteiger partial charge on any atom is 0.372 e. The number of para-hydroxylation sites is 1. The van der Waals surface area contributed by atoms with Crippen molar-refractivity contribution in [2.75, 3.05) is 5.32 Å². The summed E-state index contributed by atoms with van der Waals surface area (Å²) >= 11 is 0. The SMILES string of the molecule is O=C(O)c1occc1CNc1ccccc1F. The Kier molecular flexibility index (Phi) is 3.09. The van der Waals surface area contributed by atoms with Crippen LogP contribution in [0.5, 0.6) is 0 Å². The van der Waals surface area contributed by atoms with E-state index in [0.717, 1.165) is 0 Å². The summed E-state index contributed by atoms with van der Waals surface area (Å²) in [4.78, 5) is 10.8. The molecule has 1 aromatic carbocycles. The van der Waals surface area contributed by atoms with E-state index in [2.05, 4.69) is 5.32 Å². The lowest BCUT2D eigenvalue weighted by atomic mass is 10.2. The zero-order valence-corrected chi connectivity index (χ0v) is 8.81. The molecule has 0 saturated carbocycles. The Hall–Kier alpha value is -2.30. The molecule has 0 fully saturated rings. The molecule has 0 unspecified atom stereocenters. The van der Waals surface area contributed by atoms with Crippen LogP contribution in [0.1, 0.15) is 16.1 Å². The summed E-state index contributed by atoms with van der Waals surface area (Å²) in [5, 5.41) is 11.6. The van der Waals surface area contributed by atoms with Gasteiger partial charge in [-0.05, 0) is 18.2 Å². The van der Waals surface area contributed by atoms with Crippen LogP contribution in [0, 0.1) is 5.82 Å². The average Bonchev–Trinajstić information content (AvgIpc) is 2.76. The molecule has 17 heavy (non-hydrogen) atoms. The number of rotatable bonds is 4. The monoisotopic (exact) mass is 235 g/mol. The summed E-state index contributed by atoms with van der Waals surface area (Å²) in [6.45, 7) is 0.194. The summed E-state index contributed by atoms with van der Waals surface area (Å²) in [5.41, 5.74) is 0.797. The minimum atomic E-state index is -1.14. The Balaban J connectivity index is 2.10. The van der Waals surface area contributed by atoms with Crippen molar-refractivity contribution >= 4 is 11.7 Å². The summed E-state index contributed by atoms with van der Waals surface area (Å²) in [6, 6.07) is 7.73. The minimum Gasteiger partial charge on any atom is -0.475 e. The van der Waals surface area contributed by atoms with E-state index in [1.807, 2.05) is 0 Å². The van der Waals surface area contributed by atoms with Gasteiger partial charge in [-0.1, -0.05) is 12.1 Å². The molecule has 0 amide bonds. The van der Waals surface area contributed by atoms with Crippen molar-refractivity contribution in [2.24, 2.45) is 0 Å². The number of hydrogen-bond acceptors (Lipinski definition) is 3. The van der Waals surface area contributed by atoms with Gasteiger partial charge in [-0.2, -0.15) is 0 Å². The number of aromatic carboxylic acids is 1. The lowest BCUT2D eigenvalue weighted by molar-refractivity contribution is 0.0661. The third kappa shape index (κ3) is 2.44. The summed E-state index contributed by atoms with van der Waals surface area (Å²) in [7, 11) is 0. The van der Waals surface area contributed by atoms with Crippen molar-refractivity contribution in [1.82, 2.24) is 0 Å². The molecule has 5 heteroatoms. The predicted molar refractivity (Wildman–Crippen MR) is 59.4 cm³/mol. The fourth-order valence-corrected chi connectivity index (χ4v) is 1.46. The third-order valence-corrected chi connectivity index (χ3v) is 2.28. The van der Waals surface area contributed by atoms with Crippen LogP contribution in [0.15, 0.2) is 41.0 Å². The Morgan fingerprint density at radius 2 is 2.12 bits per heavy atom. The number of nitrogens with one attached hydrogen (secondary N) is 1. The van der Waals surface area contributed by atoms with Crippen LogP contribution in [0.4, 0.5) is 10.1 Å². The van der Waals surface area contributed by atoms with E-state index in [9.17, 15) is 9.18 Å².